The molecule has 1 aliphatic heterocycles. The number of aliphatic hydroxyl groups is 6. The zero-order valence-corrected chi connectivity index (χ0v) is 15.0. The average Bonchev–Trinajstić information content (AvgIpc) is 2.76. The predicted octanol–water partition coefficient (Wildman–Crippen LogP) is -4.77. The van der Waals surface area contributed by atoms with Crippen LogP contribution in [0.1, 0.15) is 0 Å². The minimum absolute atomic E-state index is 0.122. The first-order valence-electron chi connectivity index (χ1n) is 6.98. The first-order valence-corrected chi connectivity index (χ1v) is 11.7. The van der Waals surface area contributed by atoms with E-state index in [9.17, 15) is 43.6 Å². The van der Waals surface area contributed by atoms with E-state index in [4.69, 9.17) is 5.11 Å². The van der Waals surface area contributed by atoms with Gasteiger partial charge in [0.1, 0.15) is 0 Å². The Kier molecular flexibility index (Phi) is 8.46. The molecular formula is C11H23O11SSe+. The summed E-state index contributed by atoms with van der Waals surface area (Å²) in [6, 6.07) is 0. The van der Waals surface area contributed by atoms with Crippen LogP contribution in [-0.2, 0) is 14.6 Å². The maximum atomic E-state index is 10.8. The summed E-state index contributed by atoms with van der Waals surface area (Å²) in [7, 11) is -5.31. The van der Waals surface area contributed by atoms with E-state index in [1.165, 1.54) is 0 Å². The van der Waals surface area contributed by atoms with Crippen molar-refractivity contribution in [3.63, 3.8) is 0 Å². The summed E-state index contributed by atoms with van der Waals surface area (Å²) in [5, 5.41) is 65.0. The van der Waals surface area contributed by atoms with Gasteiger partial charge in [0.25, 0.3) is 0 Å². The molecule has 8 N–H and O–H groups in total. The summed E-state index contributed by atoms with van der Waals surface area (Å²) >= 11 is -2.04. The molecule has 13 heteroatoms. The molecule has 0 amide bonds. The fourth-order valence-corrected chi connectivity index (χ4v) is 8.57. The van der Waals surface area contributed by atoms with Gasteiger partial charge in [0.15, 0.2) is 0 Å². The molecule has 1 unspecified atom stereocenters. The first-order chi connectivity index (χ1) is 11.0. The van der Waals surface area contributed by atoms with Gasteiger partial charge in [-0.3, -0.25) is 0 Å². The van der Waals surface area contributed by atoms with Crippen molar-refractivity contribution in [3.05, 3.63) is 0 Å². The molecular weight excluding hydrogens is 419 g/mol. The molecule has 1 rings (SSSR count). The zero-order valence-electron chi connectivity index (χ0n) is 12.5. The second-order valence-electron chi connectivity index (χ2n) is 5.45. The summed E-state index contributed by atoms with van der Waals surface area (Å²) in [4.78, 5) is -0.669. The van der Waals surface area contributed by atoms with Gasteiger partial charge in [-0.1, -0.05) is 0 Å². The van der Waals surface area contributed by atoms with Crippen molar-refractivity contribution in [2.24, 2.45) is 0 Å². The van der Waals surface area contributed by atoms with Gasteiger partial charge in [-0.05, 0) is 0 Å². The van der Waals surface area contributed by atoms with Crippen LogP contribution in [-0.4, -0.2) is 112 Å². The Labute approximate surface area is 143 Å². The van der Waals surface area contributed by atoms with Gasteiger partial charge >= 0.3 is 142 Å². The molecule has 0 aliphatic carbocycles. The molecule has 1 heterocycles. The zero-order chi connectivity index (χ0) is 18.7. The van der Waals surface area contributed by atoms with Crippen molar-refractivity contribution < 1.29 is 52.9 Å². The van der Waals surface area contributed by atoms with Crippen molar-refractivity contribution >= 4 is 24.3 Å². The normalized spacial score (nSPS) is 33.2. The summed E-state index contributed by atoms with van der Waals surface area (Å²) in [6.07, 6.45) is -9.73. The fraction of sp³-hybridized carbons (Fsp3) is 1.00. The molecule has 0 aromatic heterocycles. The minimum atomic E-state index is -5.31. The average molecular weight is 442 g/mol. The van der Waals surface area contributed by atoms with E-state index in [1.807, 2.05) is 0 Å². The molecule has 1 aliphatic rings. The third kappa shape index (κ3) is 5.83. The summed E-state index contributed by atoms with van der Waals surface area (Å²) in [5.41, 5.74) is 0. The van der Waals surface area contributed by atoms with Crippen LogP contribution in [0.3, 0.4) is 0 Å². The summed E-state index contributed by atoms with van der Waals surface area (Å²) in [5.74, 6) is 0. The molecule has 1 fully saturated rings. The molecule has 1 saturated heterocycles. The Morgan fingerprint density at radius 3 is 2.29 bits per heavy atom. The number of rotatable bonds is 9. The monoisotopic (exact) mass is 443 g/mol. The van der Waals surface area contributed by atoms with Crippen LogP contribution in [0, 0.1) is 0 Å². The summed E-state index contributed by atoms with van der Waals surface area (Å²) in [6.45, 7) is -1.16. The topological polar surface area (TPSA) is 211 Å². The molecule has 144 valence electrons. The third-order valence-corrected chi connectivity index (χ3v) is 10.1. The van der Waals surface area contributed by atoms with Crippen LogP contribution < -0.4 is 0 Å². The van der Waals surface area contributed by atoms with Gasteiger partial charge in [0.05, 0.1) is 0 Å². The Hall–Kier alpha value is 0.109. The van der Waals surface area contributed by atoms with Crippen LogP contribution >= 0.6 is 0 Å². The maximum absolute atomic E-state index is 10.8. The third-order valence-electron chi connectivity index (χ3n) is 3.70. The number of hydrogen-bond acceptors (Lipinski definition) is 10. The number of hydrogen-bond donors (Lipinski definition) is 6. The Morgan fingerprint density at radius 2 is 1.83 bits per heavy atom. The van der Waals surface area contributed by atoms with Gasteiger partial charge in [-0.25, -0.2) is 0 Å². The quantitative estimate of drug-likeness (QED) is 0.0868. The molecule has 0 bridgehead atoms. The first kappa shape index (κ1) is 22.2. The van der Waals surface area contributed by atoms with Gasteiger partial charge < -0.3 is 0 Å². The van der Waals surface area contributed by atoms with Gasteiger partial charge in [-0.15, -0.1) is 0 Å². The second-order valence-corrected chi connectivity index (χ2v) is 11.4. The molecule has 24 heavy (non-hydrogen) atoms. The van der Waals surface area contributed by atoms with Crippen LogP contribution in [0.2, 0.25) is 15.5 Å². The van der Waals surface area contributed by atoms with Crippen LogP contribution in [0.25, 0.3) is 0 Å². The molecule has 0 aromatic carbocycles. The van der Waals surface area contributed by atoms with E-state index in [1.54, 1.807) is 0 Å². The van der Waals surface area contributed by atoms with Crippen LogP contribution in [0.4, 0.5) is 0 Å². The van der Waals surface area contributed by atoms with Crippen molar-refractivity contribution in [1.82, 2.24) is 0 Å². The standard InChI is InChI=1S/C11H22O11SSe/c12-1-5(14)10(18)11(22-23(19,20)21)7(16)4-24-3-6(15)9(17)8(24)2-13/h5-18H,1-4H2/p+1/t5-,6-,7-,8-,9+,10-,11-,24?/m1/s1. The molecule has 0 aromatic rings. The summed E-state index contributed by atoms with van der Waals surface area (Å²) < 4.78 is 36.5. The Balaban J connectivity index is 2.89. The Morgan fingerprint density at radius 1 is 1.25 bits per heavy atom. The van der Waals surface area contributed by atoms with E-state index < -0.39 is 79.0 Å². The van der Waals surface area contributed by atoms with Crippen molar-refractivity contribution in [3.8, 4) is 0 Å². The van der Waals surface area contributed by atoms with Crippen LogP contribution in [0.15, 0.2) is 0 Å². The van der Waals surface area contributed by atoms with Gasteiger partial charge in [0, 0.05) is 0 Å². The van der Waals surface area contributed by atoms with E-state index in [-0.39, 0.29) is 10.6 Å². The van der Waals surface area contributed by atoms with Gasteiger partial charge in [0.2, 0.25) is 0 Å². The van der Waals surface area contributed by atoms with Crippen molar-refractivity contribution in [2.45, 2.75) is 52.1 Å². The second kappa shape index (κ2) is 9.16. The van der Waals surface area contributed by atoms with Crippen molar-refractivity contribution in [2.75, 3.05) is 13.2 Å². The van der Waals surface area contributed by atoms with E-state index >= 15 is 0 Å². The fourth-order valence-electron chi connectivity index (χ4n) is 2.43. The molecule has 0 saturated carbocycles. The van der Waals surface area contributed by atoms with E-state index in [0.29, 0.717) is 0 Å². The molecule has 0 spiro atoms. The number of aliphatic hydroxyl groups excluding tert-OH is 6. The van der Waals surface area contributed by atoms with Crippen LogP contribution in [0.5, 0.6) is 0 Å². The molecule has 8 atom stereocenters. The van der Waals surface area contributed by atoms with Crippen molar-refractivity contribution in [1.29, 1.82) is 0 Å². The molecule has 0 radical (unpaired) electrons. The van der Waals surface area contributed by atoms with E-state index in [2.05, 4.69) is 4.18 Å². The Bertz CT molecular complexity index is 488. The predicted molar refractivity (Wildman–Crippen MR) is 79.3 cm³/mol. The van der Waals surface area contributed by atoms with E-state index in [0.717, 1.165) is 0 Å². The van der Waals surface area contributed by atoms with Gasteiger partial charge in [-0.2, -0.15) is 0 Å². The molecule has 11 nitrogen and oxygen atoms in total. The SMILES string of the molecule is O=S(=O)([O-])O[C@@H]([C@H](O)[C@H](O)C[OH2+])[C@H](O)C[Se+]1C[C@@H](O)[C@H](O)[C@H]1CO.